The van der Waals surface area contributed by atoms with Crippen LogP contribution in [0, 0.1) is 17.8 Å². The quantitative estimate of drug-likeness (QED) is 0.748. The molecule has 0 bridgehead atoms. The van der Waals surface area contributed by atoms with Crippen LogP contribution in [0.25, 0.3) is 0 Å². The van der Waals surface area contributed by atoms with Crippen molar-refractivity contribution in [3.05, 3.63) is 0 Å². The first-order valence-electron chi connectivity index (χ1n) is 7.87. The summed E-state index contributed by atoms with van der Waals surface area (Å²) < 4.78 is 5.56. The Bertz CT molecular complexity index is 252. The van der Waals surface area contributed by atoms with Crippen molar-refractivity contribution < 1.29 is 4.74 Å². The fraction of sp³-hybridized carbons (Fsp3) is 1.00. The van der Waals surface area contributed by atoms with Gasteiger partial charge in [-0.1, -0.05) is 19.8 Å². The summed E-state index contributed by atoms with van der Waals surface area (Å²) in [6.07, 6.45) is 8.36. The van der Waals surface area contributed by atoms with Gasteiger partial charge in [0.15, 0.2) is 0 Å². The third-order valence-electron chi connectivity index (χ3n) is 5.26. The molecular weight excluding hydrogens is 222 g/mol. The highest BCUT2D eigenvalue weighted by atomic mass is 16.5. The lowest BCUT2D eigenvalue weighted by Crippen LogP contribution is -2.35. The highest BCUT2D eigenvalue weighted by molar-refractivity contribution is 5.04. The molecule has 0 radical (unpaired) electrons. The zero-order chi connectivity index (χ0) is 13.2. The first-order valence-corrected chi connectivity index (χ1v) is 7.87. The molecule has 0 aromatic carbocycles. The van der Waals surface area contributed by atoms with Crippen LogP contribution in [0.1, 0.15) is 59.3 Å². The first-order chi connectivity index (χ1) is 8.59. The summed E-state index contributed by atoms with van der Waals surface area (Å²) >= 11 is 0. The van der Waals surface area contributed by atoms with Crippen molar-refractivity contribution in [1.82, 2.24) is 5.32 Å². The van der Waals surface area contributed by atoms with Gasteiger partial charge in [0.1, 0.15) is 0 Å². The van der Waals surface area contributed by atoms with Crippen LogP contribution in [0.3, 0.4) is 0 Å². The van der Waals surface area contributed by atoms with Crippen LogP contribution in [-0.2, 0) is 4.74 Å². The molecule has 2 aliphatic carbocycles. The minimum atomic E-state index is 0.0355. The maximum absolute atomic E-state index is 5.56. The number of hydrogen-bond donors (Lipinski definition) is 1. The van der Waals surface area contributed by atoms with Gasteiger partial charge >= 0.3 is 0 Å². The van der Waals surface area contributed by atoms with Crippen LogP contribution in [-0.4, -0.2) is 25.3 Å². The number of rotatable bonds is 7. The second kappa shape index (κ2) is 5.92. The molecular formula is C16H31NO. The van der Waals surface area contributed by atoms with Crippen LogP contribution in [0.2, 0.25) is 0 Å². The van der Waals surface area contributed by atoms with Crippen LogP contribution in [0.4, 0.5) is 0 Å². The molecule has 106 valence electrons. The van der Waals surface area contributed by atoms with Gasteiger partial charge in [0.05, 0.1) is 5.60 Å². The van der Waals surface area contributed by atoms with Crippen LogP contribution in [0.5, 0.6) is 0 Å². The molecule has 0 spiro atoms. The van der Waals surface area contributed by atoms with E-state index in [0.29, 0.717) is 0 Å². The molecule has 2 saturated carbocycles. The van der Waals surface area contributed by atoms with E-state index < -0.39 is 0 Å². The molecule has 1 N–H and O–H groups in total. The van der Waals surface area contributed by atoms with E-state index in [-0.39, 0.29) is 5.60 Å². The third-order valence-corrected chi connectivity index (χ3v) is 5.26. The van der Waals surface area contributed by atoms with Gasteiger partial charge in [-0.3, -0.25) is 0 Å². The number of hydrogen-bond acceptors (Lipinski definition) is 2. The number of fused-ring (bicyclic) bond motifs is 1. The van der Waals surface area contributed by atoms with Gasteiger partial charge in [-0.15, -0.1) is 0 Å². The van der Waals surface area contributed by atoms with Gasteiger partial charge in [0.25, 0.3) is 0 Å². The average Bonchev–Trinajstić information content (AvgIpc) is 3.09. The standard InChI is InChI=1S/C16H31NO/c1-5-17-14(10-11-16(2,3)18-4)15-12-8-6-7-9-13(12)15/h12-15,17H,5-11H2,1-4H3. The van der Waals surface area contributed by atoms with E-state index in [9.17, 15) is 0 Å². The molecule has 3 unspecified atom stereocenters. The van der Waals surface area contributed by atoms with Crippen molar-refractivity contribution in [1.29, 1.82) is 0 Å². The summed E-state index contributed by atoms with van der Waals surface area (Å²) in [5, 5.41) is 3.74. The lowest BCUT2D eigenvalue weighted by molar-refractivity contribution is 0.0110. The molecule has 2 fully saturated rings. The fourth-order valence-corrected chi connectivity index (χ4v) is 3.94. The van der Waals surface area contributed by atoms with Gasteiger partial charge in [-0.2, -0.15) is 0 Å². The van der Waals surface area contributed by atoms with E-state index in [4.69, 9.17) is 4.74 Å². The van der Waals surface area contributed by atoms with Gasteiger partial charge in [-0.25, -0.2) is 0 Å². The first kappa shape index (κ1) is 14.3. The molecule has 0 aromatic heterocycles. The molecule has 0 heterocycles. The van der Waals surface area contributed by atoms with Crippen molar-refractivity contribution in [2.45, 2.75) is 70.9 Å². The molecule has 2 nitrogen and oxygen atoms in total. The van der Waals surface area contributed by atoms with E-state index in [1.807, 2.05) is 7.11 Å². The predicted molar refractivity (Wildman–Crippen MR) is 76.7 cm³/mol. The zero-order valence-corrected chi connectivity index (χ0v) is 12.7. The highest BCUT2D eigenvalue weighted by Crippen LogP contribution is 2.57. The van der Waals surface area contributed by atoms with Crippen LogP contribution >= 0.6 is 0 Å². The third kappa shape index (κ3) is 3.27. The lowest BCUT2D eigenvalue weighted by atomic mass is 9.95. The summed E-state index contributed by atoms with van der Waals surface area (Å²) in [5.41, 5.74) is 0.0355. The zero-order valence-electron chi connectivity index (χ0n) is 12.7. The molecule has 2 rings (SSSR count). The molecule has 2 aliphatic rings. The Morgan fingerprint density at radius 2 is 1.83 bits per heavy atom. The molecule has 0 saturated heterocycles. The average molecular weight is 253 g/mol. The lowest BCUT2D eigenvalue weighted by Gasteiger charge is -2.26. The largest absolute Gasteiger partial charge is 0.379 e. The Morgan fingerprint density at radius 3 is 2.33 bits per heavy atom. The summed E-state index contributed by atoms with van der Waals surface area (Å²) in [6, 6.07) is 0.734. The van der Waals surface area contributed by atoms with Crippen LogP contribution < -0.4 is 5.32 Å². The Balaban J connectivity index is 1.85. The molecule has 18 heavy (non-hydrogen) atoms. The predicted octanol–water partition coefficient (Wildman–Crippen LogP) is 3.61. The summed E-state index contributed by atoms with van der Waals surface area (Å²) in [6.45, 7) is 7.75. The van der Waals surface area contributed by atoms with Crippen molar-refractivity contribution >= 4 is 0 Å². The number of methoxy groups -OCH3 is 1. The molecule has 0 aromatic rings. The van der Waals surface area contributed by atoms with E-state index in [2.05, 4.69) is 26.1 Å². The van der Waals surface area contributed by atoms with E-state index >= 15 is 0 Å². The van der Waals surface area contributed by atoms with Gasteiger partial charge in [0.2, 0.25) is 0 Å². The van der Waals surface area contributed by atoms with E-state index in [0.717, 1.165) is 36.8 Å². The van der Waals surface area contributed by atoms with E-state index in [1.165, 1.54) is 32.1 Å². The van der Waals surface area contributed by atoms with Crippen LogP contribution in [0.15, 0.2) is 0 Å². The maximum atomic E-state index is 5.56. The molecule has 3 atom stereocenters. The Labute approximate surface area is 113 Å². The van der Waals surface area contributed by atoms with E-state index in [1.54, 1.807) is 0 Å². The second-order valence-corrected chi connectivity index (χ2v) is 6.86. The molecule has 2 heteroatoms. The van der Waals surface area contributed by atoms with Crippen molar-refractivity contribution in [2.24, 2.45) is 17.8 Å². The van der Waals surface area contributed by atoms with Crippen molar-refractivity contribution in [3.63, 3.8) is 0 Å². The van der Waals surface area contributed by atoms with Gasteiger partial charge < -0.3 is 10.1 Å². The second-order valence-electron chi connectivity index (χ2n) is 6.86. The normalized spacial score (nSPS) is 33.0. The minimum Gasteiger partial charge on any atom is -0.379 e. The monoisotopic (exact) mass is 253 g/mol. The topological polar surface area (TPSA) is 21.3 Å². The Hall–Kier alpha value is -0.0800. The van der Waals surface area contributed by atoms with Gasteiger partial charge in [0, 0.05) is 13.2 Å². The minimum absolute atomic E-state index is 0.0355. The molecule has 0 aliphatic heterocycles. The number of ether oxygens (including phenoxy) is 1. The summed E-state index contributed by atoms with van der Waals surface area (Å²) in [5.74, 6) is 3.07. The SMILES string of the molecule is CCNC(CCC(C)(C)OC)C1C2CCCCC21. The Kier molecular flexibility index (Phi) is 4.71. The number of nitrogens with one attached hydrogen (secondary N) is 1. The Morgan fingerprint density at radius 1 is 1.22 bits per heavy atom. The highest BCUT2D eigenvalue weighted by Gasteiger charge is 2.53. The van der Waals surface area contributed by atoms with Crippen molar-refractivity contribution in [3.8, 4) is 0 Å². The molecule has 0 amide bonds. The maximum Gasteiger partial charge on any atom is 0.0623 e. The van der Waals surface area contributed by atoms with Crippen molar-refractivity contribution in [2.75, 3.05) is 13.7 Å². The smallest absolute Gasteiger partial charge is 0.0623 e. The summed E-state index contributed by atoms with van der Waals surface area (Å²) in [4.78, 5) is 0. The fourth-order valence-electron chi connectivity index (χ4n) is 3.94. The summed E-state index contributed by atoms with van der Waals surface area (Å²) in [7, 11) is 1.83. The van der Waals surface area contributed by atoms with Gasteiger partial charge in [-0.05, 0) is 63.8 Å².